The van der Waals surface area contributed by atoms with Crippen molar-refractivity contribution in [1.29, 1.82) is 0 Å². The lowest BCUT2D eigenvalue weighted by molar-refractivity contribution is 0.102. The van der Waals surface area contributed by atoms with Crippen LogP contribution >= 0.6 is 0 Å². The summed E-state index contributed by atoms with van der Waals surface area (Å²) in [6.45, 7) is 3.86. The Labute approximate surface area is 90.6 Å². The van der Waals surface area contributed by atoms with E-state index >= 15 is 0 Å². The molecule has 0 spiro atoms. The SMILES string of the molecule is COC(C)Cn1cncc1CNC1CC1. The van der Waals surface area contributed by atoms with Crippen LogP contribution in [0.15, 0.2) is 12.5 Å². The monoisotopic (exact) mass is 209 g/mol. The Bertz CT molecular complexity index is 307. The van der Waals surface area contributed by atoms with Gasteiger partial charge in [0, 0.05) is 32.4 Å². The minimum Gasteiger partial charge on any atom is -0.380 e. The molecule has 0 aromatic carbocycles. The Balaban J connectivity index is 1.88. The van der Waals surface area contributed by atoms with Gasteiger partial charge in [0.15, 0.2) is 0 Å². The summed E-state index contributed by atoms with van der Waals surface area (Å²) in [5.74, 6) is 0. The predicted molar refractivity (Wildman–Crippen MR) is 58.6 cm³/mol. The summed E-state index contributed by atoms with van der Waals surface area (Å²) in [5, 5.41) is 3.49. The van der Waals surface area contributed by atoms with Crippen molar-refractivity contribution in [2.45, 2.75) is 45.0 Å². The Morgan fingerprint density at radius 1 is 1.67 bits per heavy atom. The maximum atomic E-state index is 5.25. The summed E-state index contributed by atoms with van der Waals surface area (Å²) in [4.78, 5) is 4.18. The van der Waals surface area contributed by atoms with E-state index in [-0.39, 0.29) is 6.10 Å². The standard InChI is InChI=1S/C11H19N3O/c1-9(15-2)7-14-8-12-5-11(14)6-13-10-3-4-10/h5,8-10,13H,3-4,6-7H2,1-2H3. The van der Waals surface area contributed by atoms with E-state index in [0.717, 1.165) is 19.1 Å². The maximum absolute atomic E-state index is 5.25. The number of nitrogens with zero attached hydrogens (tertiary/aromatic N) is 2. The molecule has 0 amide bonds. The van der Waals surface area contributed by atoms with Crippen molar-refractivity contribution in [1.82, 2.24) is 14.9 Å². The minimum absolute atomic E-state index is 0.235. The molecule has 1 heterocycles. The molecule has 0 saturated heterocycles. The third kappa shape index (κ3) is 3.04. The van der Waals surface area contributed by atoms with Crippen LogP contribution in [0.4, 0.5) is 0 Å². The van der Waals surface area contributed by atoms with E-state index in [9.17, 15) is 0 Å². The summed E-state index contributed by atoms with van der Waals surface area (Å²) in [6, 6.07) is 0.744. The van der Waals surface area contributed by atoms with Gasteiger partial charge in [0.05, 0.1) is 18.1 Å². The van der Waals surface area contributed by atoms with Crippen LogP contribution in [0.3, 0.4) is 0 Å². The van der Waals surface area contributed by atoms with E-state index < -0.39 is 0 Å². The molecule has 1 unspecified atom stereocenters. The lowest BCUT2D eigenvalue weighted by Gasteiger charge is -2.13. The molecule has 84 valence electrons. The van der Waals surface area contributed by atoms with Gasteiger partial charge in [-0.15, -0.1) is 0 Å². The zero-order valence-electron chi connectivity index (χ0n) is 9.44. The topological polar surface area (TPSA) is 39.1 Å². The van der Waals surface area contributed by atoms with Gasteiger partial charge in [0.2, 0.25) is 0 Å². The van der Waals surface area contributed by atoms with Gasteiger partial charge in [-0.25, -0.2) is 4.98 Å². The highest BCUT2D eigenvalue weighted by molar-refractivity contribution is 4.99. The maximum Gasteiger partial charge on any atom is 0.0949 e. The highest BCUT2D eigenvalue weighted by Crippen LogP contribution is 2.19. The second-order valence-corrected chi connectivity index (χ2v) is 4.24. The number of nitrogens with one attached hydrogen (secondary N) is 1. The quantitative estimate of drug-likeness (QED) is 0.764. The molecule has 1 saturated carbocycles. The third-order valence-electron chi connectivity index (χ3n) is 2.80. The molecule has 0 radical (unpaired) electrons. The van der Waals surface area contributed by atoms with Crippen LogP contribution in [0.25, 0.3) is 0 Å². The summed E-state index contributed by atoms with van der Waals surface area (Å²) in [6.07, 6.45) is 6.68. The van der Waals surface area contributed by atoms with Gasteiger partial charge in [-0.05, 0) is 19.8 Å². The number of imidazole rings is 1. The molecule has 1 aliphatic rings. The molecular weight excluding hydrogens is 190 g/mol. The fourth-order valence-corrected chi connectivity index (χ4v) is 1.55. The van der Waals surface area contributed by atoms with Gasteiger partial charge in [0.1, 0.15) is 0 Å². The van der Waals surface area contributed by atoms with E-state index in [1.807, 2.05) is 12.5 Å². The van der Waals surface area contributed by atoms with Crippen LogP contribution in [-0.2, 0) is 17.8 Å². The number of rotatable bonds is 6. The molecule has 0 bridgehead atoms. The third-order valence-corrected chi connectivity index (χ3v) is 2.80. The average molecular weight is 209 g/mol. The van der Waals surface area contributed by atoms with Crippen LogP contribution in [0.1, 0.15) is 25.5 Å². The van der Waals surface area contributed by atoms with Gasteiger partial charge >= 0.3 is 0 Å². The van der Waals surface area contributed by atoms with E-state index in [0.29, 0.717) is 0 Å². The first kappa shape index (κ1) is 10.6. The zero-order chi connectivity index (χ0) is 10.7. The van der Waals surface area contributed by atoms with Crippen molar-refractivity contribution in [3.8, 4) is 0 Å². The van der Waals surface area contributed by atoms with Gasteiger partial charge in [0.25, 0.3) is 0 Å². The van der Waals surface area contributed by atoms with Crippen LogP contribution in [0.5, 0.6) is 0 Å². The van der Waals surface area contributed by atoms with Crippen LogP contribution < -0.4 is 5.32 Å². The highest BCUT2D eigenvalue weighted by Gasteiger charge is 2.20. The Kier molecular flexibility index (Phi) is 3.38. The molecule has 2 rings (SSSR count). The Hall–Kier alpha value is -0.870. The molecule has 1 N–H and O–H groups in total. The van der Waals surface area contributed by atoms with Crippen molar-refractivity contribution < 1.29 is 4.74 Å². The fraction of sp³-hybridized carbons (Fsp3) is 0.727. The van der Waals surface area contributed by atoms with E-state index in [1.54, 1.807) is 7.11 Å². The first-order valence-corrected chi connectivity index (χ1v) is 5.54. The molecule has 4 heteroatoms. The first-order chi connectivity index (χ1) is 7.29. The van der Waals surface area contributed by atoms with Crippen molar-refractivity contribution >= 4 is 0 Å². The number of hydrogen-bond acceptors (Lipinski definition) is 3. The van der Waals surface area contributed by atoms with Gasteiger partial charge in [-0.3, -0.25) is 0 Å². The van der Waals surface area contributed by atoms with Gasteiger partial charge < -0.3 is 14.6 Å². The molecule has 15 heavy (non-hydrogen) atoms. The predicted octanol–water partition coefficient (Wildman–Crippen LogP) is 1.17. The largest absolute Gasteiger partial charge is 0.380 e. The molecule has 1 aromatic rings. The van der Waals surface area contributed by atoms with Crippen molar-refractivity contribution in [2.24, 2.45) is 0 Å². The second kappa shape index (κ2) is 4.77. The number of aromatic nitrogens is 2. The summed E-state index contributed by atoms with van der Waals surface area (Å²) in [7, 11) is 1.74. The summed E-state index contributed by atoms with van der Waals surface area (Å²) >= 11 is 0. The van der Waals surface area contributed by atoms with Crippen molar-refractivity contribution in [2.75, 3.05) is 7.11 Å². The molecule has 1 aromatic heterocycles. The van der Waals surface area contributed by atoms with Crippen LogP contribution in [-0.4, -0.2) is 28.8 Å². The van der Waals surface area contributed by atoms with E-state index in [4.69, 9.17) is 4.74 Å². The lowest BCUT2D eigenvalue weighted by atomic mass is 10.3. The van der Waals surface area contributed by atoms with E-state index in [1.165, 1.54) is 18.5 Å². The van der Waals surface area contributed by atoms with Crippen molar-refractivity contribution in [3.05, 3.63) is 18.2 Å². The average Bonchev–Trinajstić information content (AvgIpc) is 2.97. The van der Waals surface area contributed by atoms with E-state index in [2.05, 4.69) is 21.8 Å². The van der Waals surface area contributed by atoms with Gasteiger partial charge in [-0.1, -0.05) is 0 Å². The zero-order valence-corrected chi connectivity index (χ0v) is 9.44. The number of methoxy groups -OCH3 is 1. The van der Waals surface area contributed by atoms with Crippen molar-refractivity contribution in [3.63, 3.8) is 0 Å². The van der Waals surface area contributed by atoms with Crippen LogP contribution in [0.2, 0.25) is 0 Å². The summed E-state index contributed by atoms with van der Waals surface area (Å²) in [5.41, 5.74) is 1.24. The number of ether oxygens (including phenoxy) is 1. The van der Waals surface area contributed by atoms with Gasteiger partial charge in [-0.2, -0.15) is 0 Å². The first-order valence-electron chi connectivity index (χ1n) is 5.54. The fourth-order valence-electron chi connectivity index (χ4n) is 1.55. The summed E-state index contributed by atoms with van der Waals surface area (Å²) < 4.78 is 7.40. The second-order valence-electron chi connectivity index (χ2n) is 4.24. The minimum atomic E-state index is 0.235. The molecular formula is C11H19N3O. The molecule has 4 nitrogen and oxygen atoms in total. The molecule has 1 fully saturated rings. The molecule has 1 aliphatic carbocycles. The molecule has 1 atom stereocenters. The Morgan fingerprint density at radius 3 is 3.13 bits per heavy atom. The molecule has 0 aliphatic heterocycles. The highest BCUT2D eigenvalue weighted by atomic mass is 16.5. The smallest absolute Gasteiger partial charge is 0.0949 e. The van der Waals surface area contributed by atoms with Crippen LogP contribution in [0, 0.1) is 0 Å². The Morgan fingerprint density at radius 2 is 2.47 bits per heavy atom. The lowest BCUT2D eigenvalue weighted by Crippen LogP contribution is -2.21. The number of hydrogen-bond donors (Lipinski definition) is 1. The normalized spacial score (nSPS) is 18.0.